The highest BCUT2D eigenvalue weighted by molar-refractivity contribution is 5.42. The van der Waals surface area contributed by atoms with Crippen LogP contribution < -0.4 is 14.8 Å². The van der Waals surface area contributed by atoms with Crippen LogP contribution in [-0.4, -0.2) is 24.2 Å². The summed E-state index contributed by atoms with van der Waals surface area (Å²) in [6, 6.07) is 6.02. The maximum Gasteiger partial charge on any atom is 0.127 e. The van der Waals surface area contributed by atoms with Gasteiger partial charge in [-0.25, -0.2) is 4.98 Å². The molecule has 5 heteroatoms. The third-order valence-corrected chi connectivity index (χ3v) is 3.06. The monoisotopic (exact) mass is 261 g/mol. The van der Waals surface area contributed by atoms with Crippen molar-refractivity contribution in [3.05, 3.63) is 42.0 Å². The van der Waals surface area contributed by atoms with Gasteiger partial charge in [-0.05, 0) is 13.0 Å². The van der Waals surface area contributed by atoms with Crippen LogP contribution in [0.3, 0.4) is 0 Å². The molecule has 0 aliphatic rings. The number of methoxy groups -OCH3 is 2. The Balaban J connectivity index is 2.07. The lowest BCUT2D eigenvalue weighted by atomic mass is 10.1. The summed E-state index contributed by atoms with van der Waals surface area (Å²) in [4.78, 5) is 7.06. The van der Waals surface area contributed by atoms with Gasteiger partial charge in [0.2, 0.25) is 0 Å². The van der Waals surface area contributed by atoms with Crippen molar-refractivity contribution in [1.82, 2.24) is 15.3 Å². The molecule has 0 saturated heterocycles. The minimum Gasteiger partial charge on any atom is -0.497 e. The molecular weight excluding hydrogens is 242 g/mol. The van der Waals surface area contributed by atoms with Gasteiger partial charge in [0.05, 0.1) is 20.5 Å². The third kappa shape index (κ3) is 3.26. The molecule has 2 aromatic rings. The second-order valence-electron chi connectivity index (χ2n) is 4.29. The smallest absolute Gasteiger partial charge is 0.127 e. The van der Waals surface area contributed by atoms with Gasteiger partial charge in [-0.1, -0.05) is 6.07 Å². The van der Waals surface area contributed by atoms with Crippen molar-refractivity contribution in [1.29, 1.82) is 0 Å². The normalized spacial score (nSPS) is 12.2. The van der Waals surface area contributed by atoms with Crippen LogP contribution in [0.4, 0.5) is 0 Å². The zero-order valence-electron chi connectivity index (χ0n) is 11.4. The fourth-order valence-corrected chi connectivity index (χ4v) is 1.93. The summed E-state index contributed by atoms with van der Waals surface area (Å²) in [5.41, 5.74) is 2.15. The molecule has 1 unspecified atom stereocenters. The van der Waals surface area contributed by atoms with Crippen LogP contribution in [0.15, 0.2) is 30.7 Å². The average molecular weight is 261 g/mol. The van der Waals surface area contributed by atoms with Crippen molar-refractivity contribution >= 4 is 0 Å². The van der Waals surface area contributed by atoms with Crippen molar-refractivity contribution < 1.29 is 9.47 Å². The number of nitrogens with one attached hydrogen (secondary N) is 2. The van der Waals surface area contributed by atoms with E-state index >= 15 is 0 Å². The van der Waals surface area contributed by atoms with E-state index in [4.69, 9.17) is 9.47 Å². The Bertz CT molecular complexity index is 511. The molecule has 1 atom stereocenters. The molecule has 2 N–H and O–H groups in total. The van der Waals surface area contributed by atoms with Crippen LogP contribution in [0.1, 0.15) is 24.2 Å². The van der Waals surface area contributed by atoms with Crippen LogP contribution >= 0.6 is 0 Å². The first-order valence-electron chi connectivity index (χ1n) is 6.17. The molecule has 0 bridgehead atoms. The zero-order valence-corrected chi connectivity index (χ0v) is 11.4. The van der Waals surface area contributed by atoms with E-state index in [-0.39, 0.29) is 6.04 Å². The van der Waals surface area contributed by atoms with E-state index in [0.29, 0.717) is 0 Å². The summed E-state index contributed by atoms with van der Waals surface area (Å²) >= 11 is 0. The van der Waals surface area contributed by atoms with E-state index in [9.17, 15) is 0 Å². The highest BCUT2D eigenvalue weighted by Gasteiger charge is 2.12. The van der Waals surface area contributed by atoms with Crippen molar-refractivity contribution in [2.24, 2.45) is 0 Å². The number of hydrogen-bond acceptors (Lipinski definition) is 4. The molecule has 102 valence electrons. The molecule has 2 rings (SSSR count). The molecule has 0 aliphatic carbocycles. The quantitative estimate of drug-likeness (QED) is 0.837. The summed E-state index contributed by atoms with van der Waals surface area (Å²) in [6.45, 7) is 2.83. The Hall–Kier alpha value is -2.01. The lowest BCUT2D eigenvalue weighted by molar-refractivity contribution is 0.385. The van der Waals surface area contributed by atoms with Crippen LogP contribution in [0.25, 0.3) is 0 Å². The van der Waals surface area contributed by atoms with E-state index in [1.807, 2.05) is 24.4 Å². The first-order chi connectivity index (χ1) is 9.24. The summed E-state index contributed by atoms with van der Waals surface area (Å²) in [6.07, 6.45) is 3.49. The van der Waals surface area contributed by atoms with E-state index < -0.39 is 0 Å². The van der Waals surface area contributed by atoms with Crippen LogP contribution in [0, 0.1) is 0 Å². The minimum atomic E-state index is 0.171. The second kappa shape index (κ2) is 6.24. The largest absolute Gasteiger partial charge is 0.497 e. The number of nitrogens with zero attached hydrogens (tertiary/aromatic N) is 1. The third-order valence-electron chi connectivity index (χ3n) is 3.06. The maximum atomic E-state index is 5.41. The number of rotatable bonds is 6. The number of imidazole rings is 1. The fraction of sp³-hybridized carbons (Fsp3) is 0.357. The number of H-pyrrole nitrogens is 1. The van der Waals surface area contributed by atoms with Gasteiger partial charge in [0.1, 0.15) is 11.5 Å². The van der Waals surface area contributed by atoms with Crippen molar-refractivity contribution in [2.45, 2.75) is 19.5 Å². The molecule has 1 aromatic heterocycles. The Labute approximate surface area is 113 Å². The molecule has 1 heterocycles. The molecule has 0 spiro atoms. The Morgan fingerprint density at radius 3 is 2.79 bits per heavy atom. The standard InChI is InChI=1S/C14H19N3O2/c1-10(16-8-11-7-15-9-17-11)13-5-4-12(18-2)6-14(13)19-3/h4-7,9-10,16H,8H2,1-3H3,(H,15,17). The van der Waals surface area contributed by atoms with E-state index in [0.717, 1.165) is 29.3 Å². The van der Waals surface area contributed by atoms with Gasteiger partial charge in [-0.3, -0.25) is 0 Å². The van der Waals surface area contributed by atoms with Gasteiger partial charge in [0.25, 0.3) is 0 Å². The average Bonchev–Trinajstić information content (AvgIpc) is 2.97. The number of hydrogen-bond donors (Lipinski definition) is 2. The number of ether oxygens (including phenoxy) is 2. The van der Waals surface area contributed by atoms with Crippen LogP contribution in [0.5, 0.6) is 11.5 Å². The Morgan fingerprint density at radius 1 is 1.32 bits per heavy atom. The predicted octanol–water partition coefficient (Wildman–Crippen LogP) is 2.28. The minimum absolute atomic E-state index is 0.171. The molecule has 0 saturated carbocycles. The second-order valence-corrected chi connectivity index (χ2v) is 4.29. The highest BCUT2D eigenvalue weighted by atomic mass is 16.5. The highest BCUT2D eigenvalue weighted by Crippen LogP contribution is 2.29. The summed E-state index contributed by atoms with van der Waals surface area (Å²) in [5.74, 6) is 1.62. The lowest BCUT2D eigenvalue weighted by Crippen LogP contribution is -2.18. The van der Waals surface area contributed by atoms with Gasteiger partial charge >= 0.3 is 0 Å². The predicted molar refractivity (Wildman–Crippen MR) is 73.4 cm³/mol. The van der Waals surface area contributed by atoms with Crippen LogP contribution in [0.2, 0.25) is 0 Å². The van der Waals surface area contributed by atoms with Gasteiger partial charge in [0.15, 0.2) is 0 Å². The van der Waals surface area contributed by atoms with E-state index in [2.05, 4.69) is 22.2 Å². The Kier molecular flexibility index (Phi) is 4.41. The number of aromatic nitrogens is 2. The molecule has 0 fully saturated rings. The van der Waals surface area contributed by atoms with Crippen LogP contribution in [-0.2, 0) is 6.54 Å². The maximum absolute atomic E-state index is 5.41. The van der Waals surface area contributed by atoms with Crippen molar-refractivity contribution in [3.8, 4) is 11.5 Å². The fourth-order valence-electron chi connectivity index (χ4n) is 1.93. The molecule has 1 aromatic carbocycles. The Morgan fingerprint density at radius 2 is 2.16 bits per heavy atom. The van der Waals surface area contributed by atoms with Crippen molar-refractivity contribution in [2.75, 3.05) is 14.2 Å². The summed E-state index contributed by atoms with van der Waals surface area (Å²) < 4.78 is 10.6. The van der Waals surface area contributed by atoms with Crippen molar-refractivity contribution in [3.63, 3.8) is 0 Å². The lowest BCUT2D eigenvalue weighted by Gasteiger charge is -2.17. The molecule has 5 nitrogen and oxygen atoms in total. The molecule has 0 radical (unpaired) electrons. The van der Waals surface area contributed by atoms with Gasteiger partial charge in [-0.2, -0.15) is 0 Å². The van der Waals surface area contributed by atoms with E-state index in [1.165, 1.54) is 0 Å². The SMILES string of the molecule is COc1ccc(C(C)NCc2cnc[nH]2)c(OC)c1. The van der Waals surface area contributed by atoms with Gasteiger partial charge < -0.3 is 19.8 Å². The summed E-state index contributed by atoms with van der Waals surface area (Å²) in [7, 11) is 3.31. The number of aromatic amines is 1. The zero-order chi connectivity index (χ0) is 13.7. The number of benzene rings is 1. The molecule has 19 heavy (non-hydrogen) atoms. The molecule has 0 amide bonds. The first kappa shape index (κ1) is 13.4. The topological polar surface area (TPSA) is 59.2 Å². The van der Waals surface area contributed by atoms with Gasteiger partial charge in [0, 0.05) is 36.1 Å². The molecular formula is C14H19N3O2. The first-order valence-corrected chi connectivity index (χ1v) is 6.17. The molecule has 0 aliphatic heterocycles. The summed E-state index contributed by atoms with van der Waals surface area (Å²) in [5, 5.41) is 3.42. The van der Waals surface area contributed by atoms with Gasteiger partial charge in [-0.15, -0.1) is 0 Å². The van der Waals surface area contributed by atoms with E-state index in [1.54, 1.807) is 20.5 Å².